The number of pyridine rings is 1. The van der Waals surface area contributed by atoms with Gasteiger partial charge in [0, 0.05) is 38.6 Å². The van der Waals surface area contributed by atoms with E-state index in [0.717, 1.165) is 5.56 Å². The molecule has 18 heavy (non-hydrogen) atoms. The molecule has 0 saturated carbocycles. The minimum atomic E-state index is -0.976. The smallest absolute Gasteiger partial charge is 0.339 e. The van der Waals surface area contributed by atoms with E-state index in [1.807, 2.05) is 20.3 Å². The van der Waals surface area contributed by atoms with Gasteiger partial charge in [-0.2, -0.15) is 5.10 Å². The summed E-state index contributed by atoms with van der Waals surface area (Å²) < 4.78 is 1.71. The van der Waals surface area contributed by atoms with Gasteiger partial charge in [-0.15, -0.1) is 0 Å². The van der Waals surface area contributed by atoms with E-state index in [0.29, 0.717) is 12.4 Å². The van der Waals surface area contributed by atoms with Crippen LogP contribution in [-0.2, 0) is 13.6 Å². The second-order valence-corrected chi connectivity index (χ2v) is 4.06. The van der Waals surface area contributed by atoms with E-state index < -0.39 is 5.97 Å². The fourth-order valence-corrected chi connectivity index (χ4v) is 1.77. The first kappa shape index (κ1) is 12.1. The van der Waals surface area contributed by atoms with Crippen LogP contribution >= 0.6 is 0 Å². The van der Waals surface area contributed by atoms with Gasteiger partial charge < -0.3 is 10.0 Å². The molecule has 0 unspecified atom stereocenters. The quantitative estimate of drug-likeness (QED) is 0.876. The first-order valence-corrected chi connectivity index (χ1v) is 5.45. The van der Waals surface area contributed by atoms with Crippen LogP contribution in [0.1, 0.15) is 15.9 Å². The molecule has 0 aliphatic heterocycles. The Bertz CT molecular complexity index is 565. The molecule has 0 fully saturated rings. The number of aryl methyl sites for hydroxylation is 1. The Morgan fingerprint density at radius 1 is 1.56 bits per heavy atom. The van der Waals surface area contributed by atoms with Gasteiger partial charge >= 0.3 is 5.97 Å². The predicted molar refractivity (Wildman–Crippen MR) is 66.5 cm³/mol. The summed E-state index contributed by atoms with van der Waals surface area (Å²) in [4.78, 5) is 17.0. The van der Waals surface area contributed by atoms with Crippen molar-refractivity contribution in [1.29, 1.82) is 0 Å². The lowest BCUT2D eigenvalue weighted by Crippen LogP contribution is -2.20. The number of aromatic nitrogens is 3. The fraction of sp³-hybridized carbons (Fsp3) is 0.250. The normalized spacial score (nSPS) is 10.3. The monoisotopic (exact) mass is 246 g/mol. The molecular weight excluding hydrogens is 232 g/mol. The summed E-state index contributed by atoms with van der Waals surface area (Å²) in [6.07, 6.45) is 5.22. The molecular formula is C12H14N4O2. The van der Waals surface area contributed by atoms with Gasteiger partial charge in [0.2, 0.25) is 0 Å². The van der Waals surface area contributed by atoms with E-state index in [4.69, 9.17) is 5.11 Å². The molecule has 2 aromatic rings. The van der Waals surface area contributed by atoms with Gasteiger partial charge in [0.15, 0.2) is 0 Å². The lowest BCUT2D eigenvalue weighted by atomic mass is 10.2. The molecule has 0 aliphatic rings. The van der Waals surface area contributed by atoms with E-state index in [9.17, 15) is 4.79 Å². The molecule has 0 bridgehead atoms. The third-order valence-electron chi connectivity index (χ3n) is 2.56. The Hall–Kier alpha value is -2.37. The second kappa shape index (κ2) is 4.87. The minimum Gasteiger partial charge on any atom is -0.478 e. The number of carboxylic acids is 1. The van der Waals surface area contributed by atoms with Crippen LogP contribution in [0.15, 0.2) is 30.7 Å². The highest BCUT2D eigenvalue weighted by molar-refractivity contribution is 5.93. The van der Waals surface area contributed by atoms with Crippen molar-refractivity contribution in [2.75, 3.05) is 11.9 Å². The maximum Gasteiger partial charge on any atom is 0.339 e. The highest BCUT2D eigenvalue weighted by atomic mass is 16.4. The van der Waals surface area contributed by atoms with Gasteiger partial charge in [0.05, 0.1) is 6.20 Å². The predicted octanol–water partition coefficient (Wildman–Crippen LogP) is 1.15. The number of aromatic carboxylic acids is 1. The largest absolute Gasteiger partial charge is 0.478 e. The molecule has 2 heterocycles. The molecule has 0 saturated heterocycles. The molecule has 2 rings (SSSR count). The number of anilines is 1. The van der Waals surface area contributed by atoms with Gasteiger partial charge in [-0.1, -0.05) is 0 Å². The molecule has 0 radical (unpaired) electrons. The number of rotatable bonds is 4. The van der Waals surface area contributed by atoms with Gasteiger partial charge in [0.25, 0.3) is 0 Å². The molecule has 2 aromatic heterocycles. The van der Waals surface area contributed by atoms with E-state index in [2.05, 4.69) is 10.1 Å². The van der Waals surface area contributed by atoms with Crippen molar-refractivity contribution >= 4 is 11.8 Å². The van der Waals surface area contributed by atoms with E-state index in [1.54, 1.807) is 34.1 Å². The molecule has 0 spiro atoms. The van der Waals surface area contributed by atoms with E-state index in [-0.39, 0.29) is 5.56 Å². The lowest BCUT2D eigenvalue weighted by Gasteiger charge is -2.18. The SMILES string of the molecule is CN(Cc1cnn(C)c1)c1ncccc1C(=O)O. The number of hydrogen-bond acceptors (Lipinski definition) is 4. The van der Waals surface area contributed by atoms with Crippen LogP contribution in [-0.4, -0.2) is 32.9 Å². The first-order valence-electron chi connectivity index (χ1n) is 5.45. The van der Waals surface area contributed by atoms with Crippen LogP contribution in [0.3, 0.4) is 0 Å². The highest BCUT2D eigenvalue weighted by Crippen LogP contribution is 2.17. The third-order valence-corrected chi connectivity index (χ3v) is 2.56. The number of hydrogen-bond donors (Lipinski definition) is 1. The zero-order valence-electron chi connectivity index (χ0n) is 10.2. The molecule has 0 amide bonds. The Morgan fingerprint density at radius 3 is 2.94 bits per heavy atom. The van der Waals surface area contributed by atoms with Gasteiger partial charge in [-0.05, 0) is 12.1 Å². The number of carbonyl (C=O) groups is 1. The highest BCUT2D eigenvalue weighted by Gasteiger charge is 2.14. The van der Waals surface area contributed by atoms with E-state index in [1.165, 1.54) is 0 Å². The molecule has 0 aliphatic carbocycles. The Morgan fingerprint density at radius 2 is 2.33 bits per heavy atom. The summed E-state index contributed by atoms with van der Waals surface area (Å²) in [5, 5.41) is 13.2. The topological polar surface area (TPSA) is 71.2 Å². The van der Waals surface area contributed by atoms with Crippen LogP contribution in [0.25, 0.3) is 0 Å². The molecule has 94 valence electrons. The minimum absolute atomic E-state index is 0.198. The van der Waals surface area contributed by atoms with E-state index >= 15 is 0 Å². The number of nitrogens with zero attached hydrogens (tertiary/aromatic N) is 4. The molecule has 6 heteroatoms. The maximum absolute atomic E-state index is 11.1. The first-order chi connectivity index (χ1) is 8.58. The average molecular weight is 246 g/mol. The lowest BCUT2D eigenvalue weighted by molar-refractivity contribution is 0.0697. The molecule has 1 N–H and O–H groups in total. The van der Waals surface area contributed by atoms with Crippen LogP contribution in [0, 0.1) is 0 Å². The molecule has 0 atom stereocenters. The zero-order chi connectivity index (χ0) is 13.1. The third kappa shape index (κ3) is 2.48. The standard InChI is InChI=1S/C12H14N4O2/c1-15(7-9-6-14-16(2)8-9)11-10(12(17)18)4-3-5-13-11/h3-6,8H,7H2,1-2H3,(H,17,18). The molecule has 0 aromatic carbocycles. The maximum atomic E-state index is 11.1. The summed E-state index contributed by atoms with van der Waals surface area (Å²) in [7, 11) is 3.65. The summed E-state index contributed by atoms with van der Waals surface area (Å²) >= 11 is 0. The molecule has 6 nitrogen and oxygen atoms in total. The zero-order valence-corrected chi connectivity index (χ0v) is 10.2. The van der Waals surface area contributed by atoms with Crippen molar-refractivity contribution in [3.05, 3.63) is 41.9 Å². The van der Waals surface area contributed by atoms with Crippen molar-refractivity contribution in [2.24, 2.45) is 7.05 Å². The average Bonchev–Trinajstić information content (AvgIpc) is 2.74. The van der Waals surface area contributed by atoms with Crippen molar-refractivity contribution in [3.63, 3.8) is 0 Å². The summed E-state index contributed by atoms with van der Waals surface area (Å²) in [5.74, 6) is -0.523. The van der Waals surface area contributed by atoms with Gasteiger partial charge in [-0.3, -0.25) is 4.68 Å². The summed E-state index contributed by atoms with van der Waals surface area (Å²) in [5.41, 5.74) is 1.20. The van der Waals surface area contributed by atoms with Crippen LogP contribution in [0.4, 0.5) is 5.82 Å². The second-order valence-electron chi connectivity index (χ2n) is 4.06. The Balaban J connectivity index is 2.23. The van der Waals surface area contributed by atoms with Crippen molar-refractivity contribution < 1.29 is 9.90 Å². The number of carboxylic acid groups (broad SMARTS) is 1. The van der Waals surface area contributed by atoms with Crippen molar-refractivity contribution in [1.82, 2.24) is 14.8 Å². The van der Waals surface area contributed by atoms with Crippen molar-refractivity contribution in [2.45, 2.75) is 6.54 Å². The Kier molecular flexibility index (Phi) is 3.27. The Labute approximate surface area is 104 Å². The van der Waals surface area contributed by atoms with Crippen LogP contribution in [0.2, 0.25) is 0 Å². The van der Waals surface area contributed by atoms with Crippen LogP contribution < -0.4 is 4.90 Å². The summed E-state index contributed by atoms with van der Waals surface area (Å²) in [6, 6.07) is 3.16. The van der Waals surface area contributed by atoms with Crippen molar-refractivity contribution in [3.8, 4) is 0 Å². The van der Waals surface area contributed by atoms with Crippen LogP contribution in [0.5, 0.6) is 0 Å². The van der Waals surface area contributed by atoms with Gasteiger partial charge in [-0.25, -0.2) is 9.78 Å². The van der Waals surface area contributed by atoms with Gasteiger partial charge in [0.1, 0.15) is 11.4 Å². The summed E-state index contributed by atoms with van der Waals surface area (Å²) in [6.45, 7) is 0.561. The fourth-order valence-electron chi connectivity index (χ4n) is 1.77.